The van der Waals surface area contributed by atoms with Crippen molar-refractivity contribution in [2.75, 3.05) is 37.5 Å². The van der Waals surface area contributed by atoms with Gasteiger partial charge in [0.15, 0.2) is 11.3 Å². The molecular formula is C26H27Cl2N7O3. The molecule has 38 heavy (non-hydrogen) atoms. The Morgan fingerprint density at radius 1 is 1.05 bits per heavy atom. The summed E-state index contributed by atoms with van der Waals surface area (Å²) in [5.74, 6) is 1.28. The number of piperazine rings is 1. The van der Waals surface area contributed by atoms with Gasteiger partial charge in [0.05, 0.1) is 47.2 Å². The first-order valence-corrected chi connectivity index (χ1v) is 12.8. The number of methoxy groups -OCH3 is 2. The fourth-order valence-corrected chi connectivity index (χ4v) is 5.37. The third-order valence-electron chi connectivity index (χ3n) is 6.36. The van der Waals surface area contributed by atoms with Crippen LogP contribution in [0.5, 0.6) is 11.5 Å². The fraction of sp³-hybridized carbons (Fsp3) is 0.308. The normalized spacial score (nSPS) is 17.5. The highest BCUT2D eigenvalue weighted by Crippen LogP contribution is 2.45. The summed E-state index contributed by atoms with van der Waals surface area (Å²) < 4.78 is 10.7. The van der Waals surface area contributed by atoms with Crippen LogP contribution in [0.1, 0.15) is 24.3 Å². The van der Waals surface area contributed by atoms with Crippen LogP contribution in [0.15, 0.2) is 36.5 Å². The maximum Gasteiger partial charge on any atom is 0.276 e. The Balaban J connectivity index is 1.37. The first kappa shape index (κ1) is 26.0. The van der Waals surface area contributed by atoms with Crippen molar-refractivity contribution in [3.63, 3.8) is 0 Å². The van der Waals surface area contributed by atoms with Crippen LogP contribution in [0, 0.1) is 0 Å². The summed E-state index contributed by atoms with van der Waals surface area (Å²) >= 11 is 13.1. The van der Waals surface area contributed by atoms with Crippen LogP contribution < -0.4 is 25.0 Å². The van der Waals surface area contributed by atoms with E-state index in [-0.39, 0.29) is 11.6 Å². The Morgan fingerprint density at radius 3 is 2.34 bits per heavy atom. The average Bonchev–Trinajstić information content (AvgIpc) is 3.32. The van der Waals surface area contributed by atoms with Crippen molar-refractivity contribution in [1.29, 1.82) is 0 Å². The van der Waals surface area contributed by atoms with Gasteiger partial charge in [-0.2, -0.15) is 5.10 Å². The second-order valence-electron chi connectivity index (χ2n) is 9.18. The molecule has 1 fully saturated rings. The number of aromatic amines is 1. The lowest BCUT2D eigenvalue weighted by Gasteiger charge is -2.36. The summed E-state index contributed by atoms with van der Waals surface area (Å²) in [6, 6.07) is 9.56. The standard InChI is InChI=1S/C26H27Cl2N7O3/c1-13-11-35(12-14(2)30-13)20-8-5-15(10-29-20)31-26(36)24-16-6-7-17(32-25(16)34-33-24)21-22(27)18(37-3)9-19(38-4)23(21)28/h5-10,13-14,30H,11-12H2,1-4H3,(H,31,36)(H,32,33,34)/t13-,14+. The van der Waals surface area contributed by atoms with Crippen molar-refractivity contribution in [2.24, 2.45) is 0 Å². The van der Waals surface area contributed by atoms with Gasteiger partial charge < -0.3 is 25.0 Å². The zero-order chi connectivity index (χ0) is 27.0. The molecule has 1 aliphatic rings. The molecule has 1 aliphatic heterocycles. The molecule has 0 saturated carbocycles. The first-order valence-electron chi connectivity index (χ1n) is 12.0. The predicted octanol–water partition coefficient (Wildman–Crippen LogP) is 4.78. The van der Waals surface area contributed by atoms with Gasteiger partial charge in [-0.15, -0.1) is 0 Å². The van der Waals surface area contributed by atoms with Gasteiger partial charge in [-0.25, -0.2) is 9.97 Å². The monoisotopic (exact) mass is 555 g/mol. The molecule has 2 atom stereocenters. The first-order chi connectivity index (χ1) is 18.3. The molecule has 1 saturated heterocycles. The second kappa shape index (κ2) is 10.6. The highest BCUT2D eigenvalue weighted by atomic mass is 35.5. The molecule has 198 valence electrons. The third kappa shape index (κ3) is 4.94. The minimum atomic E-state index is -0.385. The molecule has 0 aliphatic carbocycles. The van der Waals surface area contributed by atoms with E-state index in [0.717, 1.165) is 18.9 Å². The van der Waals surface area contributed by atoms with Gasteiger partial charge in [-0.3, -0.25) is 9.89 Å². The Kier molecular flexibility index (Phi) is 7.29. The van der Waals surface area contributed by atoms with Crippen molar-refractivity contribution in [3.8, 4) is 22.8 Å². The number of pyridine rings is 2. The number of amides is 1. The molecule has 0 bridgehead atoms. The van der Waals surface area contributed by atoms with Crippen molar-refractivity contribution in [2.45, 2.75) is 25.9 Å². The Labute approximate surface area is 229 Å². The summed E-state index contributed by atoms with van der Waals surface area (Å²) in [4.78, 5) is 24.4. The quantitative estimate of drug-likeness (QED) is 0.311. The van der Waals surface area contributed by atoms with Gasteiger partial charge >= 0.3 is 0 Å². The van der Waals surface area contributed by atoms with E-state index in [9.17, 15) is 4.79 Å². The molecule has 4 heterocycles. The fourth-order valence-electron chi connectivity index (χ4n) is 4.68. The third-order valence-corrected chi connectivity index (χ3v) is 7.11. The molecule has 1 amide bonds. The van der Waals surface area contributed by atoms with Crippen molar-refractivity contribution in [3.05, 3.63) is 52.3 Å². The number of nitrogens with one attached hydrogen (secondary N) is 3. The summed E-state index contributed by atoms with van der Waals surface area (Å²) in [7, 11) is 3.01. The number of benzene rings is 1. The van der Waals surface area contributed by atoms with Crippen molar-refractivity contribution in [1.82, 2.24) is 25.5 Å². The minimum absolute atomic E-state index is 0.202. The molecule has 10 nitrogen and oxygen atoms in total. The highest BCUT2D eigenvalue weighted by Gasteiger charge is 2.23. The molecule has 0 radical (unpaired) electrons. The summed E-state index contributed by atoms with van der Waals surface area (Å²) in [5, 5.41) is 14.5. The number of hydrogen-bond donors (Lipinski definition) is 3. The van der Waals surface area contributed by atoms with Crippen molar-refractivity contribution < 1.29 is 14.3 Å². The summed E-state index contributed by atoms with van der Waals surface area (Å²) in [6.07, 6.45) is 1.65. The Bertz CT molecular complexity index is 1450. The number of H-pyrrole nitrogens is 1. The molecule has 3 aromatic heterocycles. The number of aromatic nitrogens is 4. The summed E-state index contributed by atoms with van der Waals surface area (Å²) in [5.41, 5.74) is 2.09. The number of anilines is 2. The molecular weight excluding hydrogens is 529 g/mol. The molecule has 0 unspecified atom stereocenters. The average molecular weight is 556 g/mol. The van der Waals surface area contributed by atoms with Crippen LogP contribution in [0.3, 0.4) is 0 Å². The maximum atomic E-state index is 13.0. The second-order valence-corrected chi connectivity index (χ2v) is 9.94. The highest BCUT2D eigenvalue weighted by molar-refractivity contribution is 6.41. The molecule has 12 heteroatoms. The molecule has 5 rings (SSSR count). The van der Waals surface area contributed by atoms with E-state index in [1.807, 2.05) is 12.1 Å². The maximum absolute atomic E-state index is 13.0. The molecule has 4 aromatic rings. The van der Waals surface area contributed by atoms with E-state index >= 15 is 0 Å². The Hall–Kier alpha value is -3.60. The number of ether oxygens (including phenoxy) is 2. The van der Waals surface area contributed by atoms with Gasteiger partial charge in [-0.1, -0.05) is 23.2 Å². The largest absolute Gasteiger partial charge is 0.495 e. The topological polar surface area (TPSA) is 117 Å². The number of hydrogen-bond acceptors (Lipinski definition) is 8. The van der Waals surface area contributed by atoms with Crippen LogP contribution in [0.4, 0.5) is 11.5 Å². The predicted molar refractivity (Wildman–Crippen MR) is 149 cm³/mol. The molecule has 3 N–H and O–H groups in total. The lowest BCUT2D eigenvalue weighted by atomic mass is 10.1. The number of carbonyl (C=O) groups excluding carboxylic acids is 1. The van der Waals surface area contributed by atoms with Crippen LogP contribution >= 0.6 is 23.2 Å². The van der Waals surface area contributed by atoms with E-state index in [1.54, 1.807) is 24.4 Å². The van der Waals surface area contributed by atoms with E-state index in [0.29, 0.717) is 61.6 Å². The molecule has 0 spiro atoms. The number of rotatable bonds is 6. The van der Waals surface area contributed by atoms with Gasteiger partial charge in [-0.05, 0) is 38.1 Å². The number of halogens is 2. The van der Waals surface area contributed by atoms with Crippen molar-refractivity contribution >= 4 is 51.6 Å². The van der Waals surface area contributed by atoms with E-state index in [2.05, 4.69) is 49.5 Å². The smallest absolute Gasteiger partial charge is 0.276 e. The molecule has 1 aromatic carbocycles. The van der Waals surface area contributed by atoms with Gasteiger partial charge in [0.2, 0.25) is 0 Å². The van der Waals surface area contributed by atoms with E-state index in [1.165, 1.54) is 14.2 Å². The Morgan fingerprint density at radius 2 is 1.74 bits per heavy atom. The lowest BCUT2D eigenvalue weighted by Crippen LogP contribution is -2.54. The minimum Gasteiger partial charge on any atom is -0.495 e. The zero-order valence-corrected chi connectivity index (χ0v) is 22.8. The SMILES string of the molecule is COc1cc(OC)c(Cl)c(-c2ccc3c(C(=O)Nc4ccc(N5C[C@@H](C)N[C@@H](C)C5)nc4)n[nH]c3n2)c1Cl. The van der Waals surface area contributed by atoms with E-state index < -0.39 is 0 Å². The van der Waals surface area contributed by atoms with E-state index in [4.69, 9.17) is 32.7 Å². The number of carbonyl (C=O) groups is 1. The van der Waals surface area contributed by atoms with Crippen LogP contribution in [-0.2, 0) is 0 Å². The van der Waals surface area contributed by atoms with Crippen LogP contribution in [-0.4, -0.2) is 65.5 Å². The number of nitrogens with zero attached hydrogens (tertiary/aromatic N) is 4. The van der Waals surface area contributed by atoms with Gasteiger partial charge in [0, 0.05) is 36.8 Å². The van der Waals surface area contributed by atoms with Gasteiger partial charge in [0.1, 0.15) is 17.3 Å². The van der Waals surface area contributed by atoms with Crippen LogP contribution in [0.2, 0.25) is 10.0 Å². The van der Waals surface area contributed by atoms with Crippen LogP contribution in [0.25, 0.3) is 22.3 Å². The lowest BCUT2D eigenvalue weighted by molar-refractivity contribution is 0.102. The zero-order valence-electron chi connectivity index (χ0n) is 21.3. The summed E-state index contributed by atoms with van der Waals surface area (Å²) in [6.45, 7) is 6.05. The van der Waals surface area contributed by atoms with Gasteiger partial charge in [0.25, 0.3) is 5.91 Å². The number of fused-ring (bicyclic) bond motifs is 1.